The van der Waals surface area contributed by atoms with Crippen LogP contribution in [0.4, 0.5) is 0 Å². The van der Waals surface area contributed by atoms with Gasteiger partial charge in [0.05, 0.1) is 20.1 Å². The van der Waals surface area contributed by atoms with E-state index in [1.807, 2.05) is 48.5 Å². The van der Waals surface area contributed by atoms with Crippen LogP contribution in [0.1, 0.15) is 48.8 Å². The molecule has 2 aromatic rings. The van der Waals surface area contributed by atoms with Crippen LogP contribution in [0.15, 0.2) is 78.9 Å². The van der Waals surface area contributed by atoms with Gasteiger partial charge >= 0.3 is 11.9 Å². The number of methoxy groups -OCH3 is 2. The molecule has 31 heavy (non-hydrogen) atoms. The molecule has 4 nitrogen and oxygen atoms in total. The lowest BCUT2D eigenvalue weighted by Crippen LogP contribution is -2.34. The van der Waals surface area contributed by atoms with Crippen molar-refractivity contribution in [1.29, 1.82) is 0 Å². The van der Waals surface area contributed by atoms with Gasteiger partial charge in [-0.25, -0.2) is 4.79 Å². The number of ether oxygens (including phenoxy) is 2. The highest BCUT2D eigenvalue weighted by molar-refractivity contribution is 5.82. The first kappa shape index (κ1) is 22.5. The third kappa shape index (κ3) is 4.48. The van der Waals surface area contributed by atoms with E-state index in [0.717, 1.165) is 23.1 Å². The van der Waals surface area contributed by atoms with Crippen LogP contribution >= 0.6 is 0 Å². The Labute approximate surface area is 184 Å². The molecule has 0 aliphatic heterocycles. The van der Waals surface area contributed by atoms with Gasteiger partial charge in [0, 0.05) is 17.4 Å². The molecule has 0 amide bonds. The van der Waals surface area contributed by atoms with Crippen molar-refractivity contribution in [2.75, 3.05) is 14.2 Å². The van der Waals surface area contributed by atoms with Crippen LogP contribution in [-0.2, 0) is 24.5 Å². The highest BCUT2D eigenvalue weighted by Crippen LogP contribution is 2.48. The molecule has 0 saturated heterocycles. The molecule has 2 aromatic carbocycles. The second-order valence-corrected chi connectivity index (χ2v) is 8.06. The average Bonchev–Trinajstić information content (AvgIpc) is 2.81. The van der Waals surface area contributed by atoms with Gasteiger partial charge in [-0.2, -0.15) is 0 Å². The second-order valence-electron chi connectivity index (χ2n) is 8.06. The fraction of sp³-hybridized carbons (Fsp3) is 0.333. The van der Waals surface area contributed by atoms with Gasteiger partial charge < -0.3 is 9.47 Å². The first-order chi connectivity index (χ1) is 15.0. The lowest BCUT2D eigenvalue weighted by Gasteiger charge is -2.41. The Hall–Kier alpha value is -3.14. The first-order valence-corrected chi connectivity index (χ1v) is 10.6. The normalized spacial score (nSPS) is 21.9. The van der Waals surface area contributed by atoms with Crippen molar-refractivity contribution in [3.63, 3.8) is 0 Å². The zero-order valence-corrected chi connectivity index (χ0v) is 18.6. The smallest absolute Gasteiger partial charge is 0.330 e. The van der Waals surface area contributed by atoms with E-state index < -0.39 is 5.92 Å². The van der Waals surface area contributed by atoms with E-state index in [2.05, 4.69) is 38.1 Å². The van der Waals surface area contributed by atoms with Crippen molar-refractivity contribution in [2.45, 2.75) is 37.5 Å². The number of fused-ring (bicyclic) bond motifs is 1. The van der Waals surface area contributed by atoms with Crippen LogP contribution < -0.4 is 0 Å². The fourth-order valence-electron chi connectivity index (χ4n) is 4.69. The Morgan fingerprint density at radius 2 is 1.71 bits per heavy atom. The molecule has 1 aliphatic carbocycles. The molecule has 0 heterocycles. The molecule has 3 rings (SSSR count). The summed E-state index contributed by atoms with van der Waals surface area (Å²) in [7, 11) is 2.82. The van der Waals surface area contributed by atoms with E-state index >= 15 is 0 Å². The summed E-state index contributed by atoms with van der Waals surface area (Å²) < 4.78 is 9.97. The summed E-state index contributed by atoms with van der Waals surface area (Å²) in [4.78, 5) is 24.6. The highest BCUT2D eigenvalue weighted by Gasteiger charge is 2.41. The molecule has 4 heteroatoms. The van der Waals surface area contributed by atoms with E-state index in [-0.39, 0.29) is 29.2 Å². The number of benzene rings is 2. The van der Waals surface area contributed by atoms with Crippen molar-refractivity contribution in [3.8, 4) is 0 Å². The Bertz CT molecular complexity index is 976. The van der Waals surface area contributed by atoms with Crippen molar-refractivity contribution in [1.82, 2.24) is 0 Å². The van der Waals surface area contributed by atoms with Crippen LogP contribution in [0.5, 0.6) is 0 Å². The summed E-state index contributed by atoms with van der Waals surface area (Å²) in [5.74, 6) is -1.09. The van der Waals surface area contributed by atoms with Crippen LogP contribution in [-0.4, -0.2) is 26.2 Å². The molecular formula is C27H30O4. The van der Waals surface area contributed by atoms with Crippen LogP contribution in [0.2, 0.25) is 0 Å². The minimum absolute atomic E-state index is 0.0956. The largest absolute Gasteiger partial charge is 0.469 e. The highest BCUT2D eigenvalue weighted by atomic mass is 16.5. The van der Waals surface area contributed by atoms with Gasteiger partial charge in [-0.05, 0) is 29.0 Å². The SMILES string of the molecule is CC[C@H](/C=C/C(=O)OC)[C@]1(C)C=CC(C(C(=O)OC)c2ccccc2)c2ccccc21. The van der Waals surface area contributed by atoms with Gasteiger partial charge in [0.1, 0.15) is 0 Å². The topological polar surface area (TPSA) is 52.6 Å². The van der Waals surface area contributed by atoms with Crippen molar-refractivity contribution in [3.05, 3.63) is 95.6 Å². The summed E-state index contributed by atoms with van der Waals surface area (Å²) in [6, 6.07) is 18.0. The van der Waals surface area contributed by atoms with Crippen LogP contribution in [0.25, 0.3) is 0 Å². The lowest BCUT2D eigenvalue weighted by atomic mass is 9.62. The monoisotopic (exact) mass is 418 g/mol. The van der Waals surface area contributed by atoms with E-state index in [0.29, 0.717) is 0 Å². The lowest BCUT2D eigenvalue weighted by molar-refractivity contribution is -0.142. The van der Waals surface area contributed by atoms with E-state index in [9.17, 15) is 9.59 Å². The molecule has 0 fully saturated rings. The van der Waals surface area contributed by atoms with Gasteiger partial charge in [-0.15, -0.1) is 0 Å². The molecule has 0 N–H and O–H groups in total. The Morgan fingerprint density at radius 1 is 1.03 bits per heavy atom. The van der Waals surface area contributed by atoms with Gasteiger partial charge in [-0.1, -0.05) is 86.7 Å². The Morgan fingerprint density at radius 3 is 2.35 bits per heavy atom. The molecule has 0 bridgehead atoms. The second kappa shape index (κ2) is 9.78. The number of hydrogen-bond acceptors (Lipinski definition) is 4. The van der Waals surface area contributed by atoms with E-state index in [1.165, 1.54) is 20.3 Å². The van der Waals surface area contributed by atoms with Crippen LogP contribution in [0.3, 0.4) is 0 Å². The molecule has 4 atom stereocenters. The summed E-state index contributed by atoms with van der Waals surface area (Å²) in [5, 5.41) is 0. The zero-order chi connectivity index (χ0) is 22.4. The summed E-state index contributed by atoms with van der Waals surface area (Å²) in [5.41, 5.74) is 2.88. The maximum atomic E-state index is 12.9. The number of allylic oxidation sites excluding steroid dienone is 3. The van der Waals surface area contributed by atoms with Gasteiger partial charge in [0.25, 0.3) is 0 Å². The van der Waals surface area contributed by atoms with E-state index in [4.69, 9.17) is 9.47 Å². The number of carbonyl (C=O) groups excluding carboxylic acids is 2. The number of rotatable bonds is 7. The summed E-state index contributed by atoms with van der Waals surface area (Å²) in [6.45, 7) is 4.30. The van der Waals surface area contributed by atoms with Crippen molar-refractivity contribution < 1.29 is 19.1 Å². The minimum atomic E-state index is -0.432. The Kier molecular flexibility index (Phi) is 7.11. The molecular weight excluding hydrogens is 388 g/mol. The molecule has 0 spiro atoms. The summed E-state index contributed by atoms with van der Waals surface area (Å²) >= 11 is 0. The minimum Gasteiger partial charge on any atom is -0.469 e. The molecule has 2 unspecified atom stereocenters. The standard InChI is InChI=1S/C27H30O4/c1-5-20(15-16-24(28)30-3)27(2)18-17-22(21-13-9-10-14-23(21)27)25(26(29)31-4)19-11-7-6-8-12-19/h6-18,20,22,25H,5H2,1-4H3/b16-15+/t20-,22?,25?,27+/m1/s1. The maximum absolute atomic E-state index is 12.9. The Balaban J connectivity index is 2.09. The predicted molar refractivity (Wildman–Crippen MR) is 122 cm³/mol. The third-order valence-corrected chi connectivity index (χ3v) is 6.40. The fourth-order valence-corrected chi connectivity index (χ4v) is 4.69. The van der Waals surface area contributed by atoms with Gasteiger partial charge in [0.2, 0.25) is 0 Å². The molecule has 0 radical (unpaired) electrons. The van der Waals surface area contributed by atoms with E-state index in [1.54, 1.807) is 0 Å². The molecule has 162 valence electrons. The number of esters is 2. The average molecular weight is 419 g/mol. The molecule has 0 aromatic heterocycles. The third-order valence-electron chi connectivity index (χ3n) is 6.40. The van der Waals surface area contributed by atoms with Gasteiger partial charge in [0.15, 0.2) is 0 Å². The summed E-state index contributed by atoms with van der Waals surface area (Å²) in [6.07, 6.45) is 8.61. The molecule has 1 aliphatic rings. The zero-order valence-electron chi connectivity index (χ0n) is 18.6. The van der Waals surface area contributed by atoms with Crippen LogP contribution in [0, 0.1) is 5.92 Å². The predicted octanol–water partition coefficient (Wildman–Crippen LogP) is 5.31. The number of carbonyl (C=O) groups is 2. The van der Waals surface area contributed by atoms with Gasteiger partial charge in [-0.3, -0.25) is 4.79 Å². The maximum Gasteiger partial charge on any atom is 0.330 e. The number of hydrogen-bond donors (Lipinski definition) is 0. The van der Waals surface area contributed by atoms with Crippen molar-refractivity contribution >= 4 is 11.9 Å². The quantitative estimate of drug-likeness (QED) is 0.347. The van der Waals surface area contributed by atoms with Crippen molar-refractivity contribution in [2.24, 2.45) is 5.92 Å². The molecule has 0 saturated carbocycles. The first-order valence-electron chi connectivity index (χ1n) is 10.6.